The van der Waals surface area contributed by atoms with Gasteiger partial charge in [-0.15, -0.1) is 0 Å². The molecule has 2 aliphatic carbocycles. The van der Waals surface area contributed by atoms with Gasteiger partial charge in [-0.25, -0.2) is 4.98 Å². The van der Waals surface area contributed by atoms with Gasteiger partial charge in [-0.1, -0.05) is 25.0 Å². The van der Waals surface area contributed by atoms with Gasteiger partial charge in [0, 0.05) is 18.9 Å². The topological polar surface area (TPSA) is 74.8 Å². The number of aromatic nitrogens is 2. The van der Waals surface area contributed by atoms with Crippen molar-refractivity contribution in [2.75, 3.05) is 0 Å². The van der Waals surface area contributed by atoms with Gasteiger partial charge in [-0.3, -0.25) is 9.59 Å². The zero-order valence-electron chi connectivity index (χ0n) is 13.8. The summed E-state index contributed by atoms with van der Waals surface area (Å²) in [6.45, 7) is 0. The molecular formula is C19H23N3O2. The number of aromatic amines is 1. The molecule has 1 aromatic carbocycles. The van der Waals surface area contributed by atoms with Crippen LogP contribution in [0.5, 0.6) is 0 Å². The number of nitrogens with one attached hydrogen (secondary N) is 2. The van der Waals surface area contributed by atoms with Gasteiger partial charge in [0.15, 0.2) is 0 Å². The number of H-pyrrole nitrogens is 1. The molecule has 5 nitrogen and oxygen atoms in total. The zero-order valence-corrected chi connectivity index (χ0v) is 13.8. The number of amides is 1. The molecule has 0 aliphatic heterocycles. The number of para-hydroxylation sites is 1. The summed E-state index contributed by atoms with van der Waals surface area (Å²) in [5.41, 5.74) is 0.602. The van der Waals surface area contributed by atoms with E-state index in [1.165, 1.54) is 25.7 Å². The van der Waals surface area contributed by atoms with Crippen molar-refractivity contribution in [1.82, 2.24) is 15.3 Å². The van der Waals surface area contributed by atoms with E-state index < -0.39 is 0 Å². The highest BCUT2D eigenvalue weighted by Gasteiger charge is 2.51. The molecular weight excluding hydrogens is 302 g/mol. The molecule has 2 aromatic rings. The molecule has 5 heteroatoms. The summed E-state index contributed by atoms with van der Waals surface area (Å²) >= 11 is 0. The van der Waals surface area contributed by atoms with Gasteiger partial charge in [-0.05, 0) is 43.2 Å². The van der Waals surface area contributed by atoms with Crippen LogP contribution in [0.3, 0.4) is 0 Å². The lowest BCUT2D eigenvalue weighted by Gasteiger charge is -2.05. The molecule has 126 valence electrons. The second-order valence-corrected chi connectivity index (χ2v) is 7.09. The fourth-order valence-corrected chi connectivity index (χ4v) is 4.13. The normalized spacial score (nSPS) is 25.2. The predicted octanol–water partition coefficient (Wildman–Crippen LogP) is 2.55. The van der Waals surface area contributed by atoms with E-state index in [4.69, 9.17) is 0 Å². The number of hydrogen-bond acceptors (Lipinski definition) is 3. The maximum Gasteiger partial charge on any atom is 0.258 e. The molecule has 1 heterocycles. The number of rotatable bonds is 5. The Morgan fingerprint density at radius 2 is 1.96 bits per heavy atom. The zero-order chi connectivity index (χ0) is 16.5. The van der Waals surface area contributed by atoms with Crippen molar-refractivity contribution >= 4 is 16.8 Å². The molecule has 0 saturated heterocycles. The molecule has 2 aliphatic rings. The summed E-state index contributed by atoms with van der Waals surface area (Å²) in [5, 5.41) is 3.80. The maximum absolute atomic E-state index is 12.1. The van der Waals surface area contributed by atoms with Gasteiger partial charge < -0.3 is 10.3 Å². The van der Waals surface area contributed by atoms with E-state index >= 15 is 0 Å². The summed E-state index contributed by atoms with van der Waals surface area (Å²) < 4.78 is 0. The first-order valence-corrected chi connectivity index (χ1v) is 9.00. The van der Waals surface area contributed by atoms with E-state index in [-0.39, 0.29) is 11.5 Å². The minimum Gasteiger partial charge on any atom is -0.353 e. The lowest BCUT2D eigenvalue weighted by atomic mass is 10.0. The first-order chi connectivity index (χ1) is 11.7. The quantitative estimate of drug-likeness (QED) is 0.887. The largest absolute Gasteiger partial charge is 0.353 e. The number of hydrogen-bond donors (Lipinski definition) is 2. The number of fused-ring (bicyclic) bond motifs is 2. The molecule has 2 atom stereocenters. The van der Waals surface area contributed by atoms with Crippen molar-refractivity contribution < 1.29 is 4.79 Å². The number of aryl methyl sites for hydroxylation is 1. The SMILES string of the molecule is O=C(CCCc1nc2ccccc2c(=O)[nH]1)NC1C2CCCCC21. The van der Waals surface area contributed by atoms with Gasteiger partial charge >= 0.3 is 0 Å². The molecule has 1 amide bonds. The minimum atomic E-state index is -0.109. The highest BCUT2D eigenvalue weighted by molar-refractivity contribution is 5.77. The molecule has 2 N–H and O–H groups in total. The Morgan fingerprint density at radius 3 is 2.75 bits per heavy atom. The third-order valence-electron chi connectivity index (χ3n) is 5.46. The molecule has 2 saturated carbocycles. The molecule has 2 fully saturated rings. The van der Waals surface area contributed by atoms with E-state index in [1.807, 2.05) is 18.2 Å². The standard InChI is InChI=1S/C19H23N3O2/c23-17(22-18-12-6-1-2-7-13(12)18)11-5-10-16-20-15-9-4-3-8-14(15)19(24)21-16/h3-4,8-9,12-13,18H,1-2,5-7,10-11H2,(H,22,23)(H,20,21,24). The Kier molecular flexibility index (Phi) is 4.08. The van der Waals surface area contributed by atoms with Crippen molar-refractivity contribution in [1.29, 1.82) is 0 Å². The van der Waals surface area contributed by atoms with Crippen LogP contribution in [0.25, 0.3) is 10.9 Å². The summed E-state index contributed by atoms with van der Waals surface area (Å²) in [7, 11) is 0. The van der Waals surface area contributed by atoms with Crippen molar-refractivity contribution in [2.45, 2.75) is 51.0 Å². The van der Waals surface area contributed by atoms with Gasteiger partial charge in [0.05, 0.1) is 10.9 Å². The average Bonchev–Trinajstić information content (AvgIpc) is 3.28. The number of benzene rings is 1. The lowest BCUT2D eigenvalue weighted by molar-refractivity contribution is -0.121. The lowest BCUT2D eigenvalue weighted by Crippen LogP contribution is -2.27. The highest BCUT2D eigenvalue weighted by atomic mass is 16.1. The van der Waals surface area contributed by atoms with Crippen LogP contribution in [0.2, 0.25) is 0 Å². The van der Waals surface area contributed by atoms with Crippen LogP contribution in [0.15, 0.2) is 29.1 Å². The molecule has 0 radical (unpaired) electrons. The van der Waals surface area contributed by atoms with Crippen LogP contribution in [0.1, 0.15) is 44.3 Å². The summed E-state index contributed by atoms with van der Waals surface area (Å²) in [6, 6.07) is 7.75. The maximum atomic E-state index is 12.1. The van der Waals surface area contributed by atoms with Gasteiger partial charge in [0.2, 0.25) is 5.91 Å². The van der Waals surface area contributed by atoms with E-state index in [9.17, 15) is 9.59 Å². The van der Waals surface area contributed by atoms with Crippen LogP contribution < -0.4 is 10.9 Å². The van der Waals surface area contributed by atoms with Crippen molar-refractivity contribution in [3.05, 3.63) is 40.4 Å². The minimum absolute atomic E-state index is 0.109. The van der Waals surface area contributed by atoms with Gasteiger partial charge in [0.25, 0.3) is 5.56 Å². The number of nitrogens with zero attached hydrogens (tertiary/aromatic N) is 1. The van der Waals surface area contributed by atoms with Crippen LogP contribution in [-0.4, -0.2) is 21.9 Å². The van der Waals surface area contributed by atoms with E-state index in [2.05, 4.69) is 15.3 Å². The van der Waals surface area contributed by atoms with E-state index in [0.717, 1.165) is 11.8 Å². The Balaban J connectivity index is 1.29. The van der Waals surface area contributed by atoms with Crippen molar-refractivity contribution in [2.24, 2.45) is 11.8 Å². The third kappa shape index (κ3) is 3.07. The summed E-state index contributed by atoms with van der Waals surface area (Å²) in [6.07, 6.45) is 6.99. The van der Waals surface area contributed by atoms with Gasteiger partial charge in [-0.2, -0.15) is 0 Å². The molecule has 24 heavy (non-hydrogen) atoms. The number of carbonyl (C=O) groups excluding carboxylic acids is 1. The Hall–Kier alpha value is -2.17. The molecule has 0 spiro atoms. The first kappa shape index (κ1) is 15.4. The van der Waals surface area contributed by atoms with Crippen LogP contribution in [-0.2, 0) is 11.2 Å². The molecule has 4 rings (SSSR count). The summed E-state index contributed by atoms with van der Waals surface area (Å²) in [4.78, 5) is 31.4. The highest BCUT2D eigenvalue weighted by Crippen LogP contribution is 2.49. The first-order valence-electron chi connectivity index (χ1n) is 9.00. The fourth-order valence-electron chi connectivity index (χ4n) is 4.13. The molecule has 1 aromatic heterocycles. The second-order valence-electron chi connectivity index (χ2n) is 7.09. The number of carbonyl (C=O) groups is 1. The molecule has 2 unspecified atom stereocenters. The van der Waals surface area contributed by atoms with Crippen LogP contribution >= 0.6 is 0 Å². The Labute approximate surface area is 140 Å². The average molecular weight is 325 g/mol. The summed E-state index contributed by atoms with van der Waals surface area (Å²) in [5.74, 6) is 2.27. The van der Waals surface area contributed by atoms with Crippen molar-refractivity contribution in [3.63, 3.8) is 0 Å². The van der Waals surface area contributed by atoms with Crippen LogP contribution in [0, 0.1) is 11.8 Å². The monoisotopic (exact) mass is 325 g/mol. The fraction of sp³-hybridized carbons (Fsp3) is 0.526. The Bertz CT molecular complexity index is 802. The van der Waals surface area contributed by atoms with E-state index in [0.29, 0.717) is 42.0 Å². The molecule has 0 bridgehead atoms. The van der Waals surface area contributed by atoms with Crippen LogP contribution in [0.4, 0.5) is 0 Å². The Morgan fingerprint density at radius 1 is 1.21 bits per heavy atom. The predicted molar refractivity (Wildman–Crippen MR) is 92.7 cm³/mol. The van der Waals surface area contributed by atoms with Gasteiger partial charge in [0.1, 0.15) is 5.82 Å². The second kappa shape index (κ2) is 6.38. The smallest absolute Gasteiger partial charge is 0.258 e. The van der Waals surface area contributed by atoms with Crippen molar-refractivity contribution in [3.8, 4) is 0 Å². The van der Waals surface area contributed by atoms with E-state index in [1.54, 1.807) is 6.07 Å². The third-order valence-corrected chi connectivity index (χ3v) is 5.46.